The zero-order valence-corrected chi connectivity index (χ0v) is 19.7. The summed E-state index contributed by atoms with van der Waals surface area (Å²) < 4.78 is 5.44. The molecular weight excluding hydrogens is 487 g/mol. The van der Waals surface area contributed by atoms with Gasteiger partial charge in [-0.3, -0.25) is 24.1 Å². The van der Waals surface area contributed by atoms with E-state index in [-0.39, 0.29) is 31.5 Å². The van der Waals surface area contributed by atoms with E-state index < -0.39 is 29.0 Å². The van der Waals surface area contributed by atoms with E-state index in [1.165, 1.54) is 18.2 Å². The number of carbonyl (C=O) groups is 3. The fraction of sp³-hybridized carbons (Fsp3) is 0.130. The minimum atomic E-state index is -0.677. The molecule has 0 atom stereocenters. The van der Waals surface area contributed by atoms with E-state index in [0.29, 0.717) is 17.4 Å². The van der Waals surface area contributed by atoms with Crippen LogP contribution in [0.15, 0.2) is 50.7 Å². The number of anilines is 1. The summed E-state index contributed by atoms with van der Waals surface area (Å²) in [5, 5.41) is 2.66. The number of carbonyl (C=O) groups excluding carboxylic acids is 3. The van der Waals surface area contributed by atoms with Crippen LogP contribution >= 0.6 is 35.0 Å². The number of nitrogens with one attached hydrogen (secondary N) is 1. The van der Waals surface area contributed by atoms with Gasteiger partial charge in [0.15, 0.2) is 11.0 Å². The molecule has 0 radical (unpaired) electrons. The van der Waals surface area contributed by atoms with E-state index in [1.54, 1.807) is 12.1 Å². The van der Waals surface area contributed by atoms with Gasteiger partial charge in [0.05, 0.1) is 20.9 Å². The van der Waals surface area contributed by atoms with Crippen LogP contribution in [0.1, 0.15) is 16.7 Å². The highest BCUT2D eigenvalue weighted by molar-refractivity contribution is 8.18. The van der Waals surface area contributed by atoms with Crippen LogP contribution in [0.3, 0.4) is 0 Å². The summed E-state index contributed by atoms with van der Waals surface area (Å²) in [5.41, 5.74) is 2.27. The number of halogens is 2. The Bertz CT molecular complexity index is 1410. The van der Waals surface area contributed by atoms with Crippen molar-refractivity contribution < 1.29 is 18.8 Å². The Hall–Kier alpha value is -3.07. The molecular formula is C23H16Cl2N2O5S. The molecule has 1 aliphatic rings. The largest absolute Gasteiger partial charge is 0.462 e. The molecule has 1 saturated heterocycles. The van der Waals surface area contributed by atoms with Crippen LogP contribution in [0.5, 0.6) is 0 Å². The molecule has 1 N–H and O–H groups in total. The summed E-state index contributed by atoms with van der Waals surface area (Å²) in [4.78, 5) is 51.2. The molecule has 0 aliphatic carbocycles. The first-order chi connectivity index (χ1) is 15.6. The van der Waals surface area contributed by atoms with Crippen LogP contribution < -0.4 is 10.7 Å². The van der Waals surface area contributed by atoms with Gasteiger partial charge in [-0.25, -0.2) is 0 Å². The highest BCUT2D eigenvalue weighted by atomic mass is 35.5. The number of hydrogen-bond donors (Lipinski definition) is 1. The van der Waals surface area contributed by atoms with Crippen LogP contribution in [-0.4, -0.2) is 28.5 Å². The molecule has 0 spiro atoms. The van der Waals surface area contributed by atoms with Crippen molar-refractivity contribution in [2.75, 3.05) is 11.9 Å². The first-order valence-corrected chi connectivity index (χ1v) is 11.2. The van der Waals surface area contributed by atoms with Crippen LogP contribution in [0.25, 0.3) is 17.0 Å². The molecule has 10 heteroatoms. The lowest BCUT2D eigenvalue weighted by atomic mass is 10.1. The van der Waals surface area contributed by atoms with Crippen molar-refractivity contribution in [2.45, 2.75) is 13.8 Å². The maximum atomic E-state index is 12.8. The smallest absolute Gasteiger partial charge is 0.294 e. The lowest BCUT2D eigenvalue weighted by Gasteiger charge is -2.13. The van der Waals surface area contributed by atoms with Crippen molar-refractivity contribution in [3.05, 3.63) is 78.5 Å². The summed E-state index contributed by atoms with van der Waals surface area (Å²) in [6.45, 7) is 3.34. The van der Waals surface area contributed by atoms with Gasteiger partial charge in [-0.2, -0.15) is 0 Å². The van der Waals surface area contributed by atoms with Crippen molar-refractivity contribution in [3.8, 4) is 0 Å². The Morgan fingerprint density at radius 2 is 1.79 bits per heavy atom. The van der Waals surface area contributed by atoms with Crippen molar-refractivity contribution in [1.82, 2.24) is 4.90 Å². The molecule has 33 heavy (non-hydrogen) atoms. The summed E-state index contributed by atoms with van der Waals surface area (Å²) in [7, 11) is 0. The molecule has 1 aliphatic heterocycles. The number of fused-ring (bicyclic) bond motifs is 1. The molecule has 1 aromatic heterocycles. The number of hydrogen-bond acceptors (Lipinski definition) is 6. The lowest BCUT2D eigenvalue weighted by molar-refractivity contribution is -0.127. The Kier molecular flexibility index (Phi) is 6.34. The molecule has 0 unspecified atom stereocenters. The highest BCUT2D eigenvalue weighted by Gasteiger charge is 2.36. The number of thioether (sulfide) groups is 1. The molecule has 1 fully saturated rings. The average molecular weight is 503 g/mol. The van der Waals surface area contributed by atoms with Crippen LogP contribution in [0.2, 0.25) is 10.0 Å². The predicted octanol–water partition coefficient (Wildman–Crippen LogP) is 5.39. The second kappa shape index (κ2) is 9.05. The third-order valence-corrected chi connectivity index (χ3v) is 6.19. The molecule has 2 aromatic carbocycles. The maximum absolute atomic E-state index is 12.8. The topological polar surface area (TPSA) is 96.7 Å². The van der Waals surface area contributed by atoms with Crippen LogP contribution in [-0.2, 0) is 9.59 Å². The summed E-state index contributed by atoms with van der Waals surface area (Å²) in [5.74, 6) is -1.19. The standard InChI is InChI=1S/C23H16Cl2N2O5S/c1-11-3-12(2)5-15(4-11)26-19(28)9-27-22(30)18(33-23(27)31)6-13-10-32-21-16(20(13)29)7-14(24)8-17(21)25/h3-8,10H,9H2,1-2H3,(H,26,28)/b18-6-. The molecule has 7 nitrogen and oxygen atoms in total. The molecule has 2 heterocycles. The monoisotopic (exact) mass is 502 g/mol. The van der Waals surface area contributed by atoms with Gasteiger partial charge in [0, 0.05) is 10.7 Å². The molecule has 4 rings (SSSR count). The summed E-state index contributed by atoms with van der Waals surface area (Å²) >= 11 is 12.7. The van der Waals surface area contributed by atoms with Gasteiger partial charge in [-0.05, 0) is 67.1 Å². The van der Waals surface area contributed by atoms with Gasteiger partial charge in [0.2, 0.25) is 5.91 Å². The van der Waals surface area contributed by atoms with Gasteiger partial charge in [0.1, 0.15) is 12.8 Å². The lowest BCUT2D eigenvalue weighted by Crippen LogP contribution is -2.36. The molecule has 3 aromatic rings. The third kappa shape index (κ3) is 4.83. The Morgan fingerprint density at radius 3 is 2.48 bits per heavy atom. The van der Waals surface area contributed by atoms with Crippen molar-refractivity contribution in [3.63, 3.8) is 0 Å². The highest BCUT2D eigenvalue weighted by Crippen LogP contribution is 2.32. The number of aryl methyl sites for hydroxylation is 2. The number of rotatable bonds is 4. The predicted molar refractivity (Wildman–Crippen MR) is 130 cm³/mol. The first-order valence-electron chi connectivity index (χ1n) is 9.66. The zero-order valence-electron chi connectivity index (χ0n) is 17.4. The van der Waals surface area contributed by atoms with E-state index in [4.69, 9.17) is 27.6 Å². The molecule has 168 valence electrons. The zero-order chi connectivity index (χ0) is 23.9. The summed E-state index contributed by atoms with van der Waals surface area (Å²) in [6.07, 6.45) is 2.41. The fourth-order valence-corrected chi connectivity index (χ4v) is 4.82. The van der Waals surface area contributed by atoms with E-state index in [2.05, 4.69) is 5.32 Å². The van der Waals surface area contributed by atoms with Crippen molar-refractivity contribution >= 4 is 74.7 Å². The second-order valence-corrected chi connectivity index (χ2v) is 9.31. The number of imide groups is 1. The molecule has 0 saturated carbocycles. The quantitative estimate of drug-likeness (QED) is 0.480. The second-order valence-electron chi connectivity index (χ2n) is 7.48. The fourth-order valence-electron chi connectivity index (χ4n) is 3.45. The Balaban J connectivity index is 1.56. The Morgan fingerprint density at radius 1 is 1.09 bits per heavy atom. The van der Waals surface area contributed by atoms with Gasteiger partial charge in [-0.1, -0.05) is 29.3 Å². The van der Waals surface area contributed by atoms with E-state index in [1.807, 2.05) is 19.9 Å². The van der Waals surface area contributed by atoms with Crippen molar-refractivity contribution in [1.29, 1.82) is 0 Å². The van der Waals surface area contributed by atoms with Gasteiger partial charge >= 0.3 is 0 Å². The average Bonchev–Trinajstić information content (AvgIpc) is 2.97. The number of amides is 3. The number of nitrogens with zero attached hydrogens (tertiary/aromatic N) is 1. The minimum Gasteiger partial charge on any atom is -0.462 e. The van der Waals surface area contributed by atoms with Crippen LogP contribution in [0, 0.1) is 13.8 Å². The Labute approximate surface area is 202 Å². The van der Waals surface area contributed by atoms with Gasteiger partial charge in [-0.15, -0.1) is 0 Å². The van der Waals surface area contributed by atoms with Gasteiger partial charge < -0.3 is 9.73 Å². The normalized spacial score (nSPS) is 15.0. The van der Waals surface area contributed by atoms with Gasteiger partial charge in [0.25, 0.3) is 11.1 Å². The maximum Gasteiger partial charge on any atom is 0.294 e. The first kappa shape index (κ1) is 23.1. The third-order valence-electron chi connectivity index (χ3n) is 4.79. The number of benzene rings is 2. The SMILES string of the molecule is Cc1cc(C)cc(NC(=O)CN2C(=O)S/C(=C\c3coc4c(Cl)cc(Cl)cc4c3=O)C2=O)c1. The van der Waals surface area contributed by atoms with E-state index in [9.17, 15) is 19.2 Å². The molecule has 3 amide bonds. The van der Waals surface area contributed by atoms with E-state index in [0.717, 1.165) is 22.3 Å². The van der Waals surface area contributed by atoms with Crippen LogP contribution in [0.4, 0.5) is 10.5 Å². The van der Waals surface area contributed by atoms with E-state index >= 15 is 0 Å². The summed E-state index contributed by atoms with van der Waals surface area (Å²) in [6, 6.07) is 8.39. The minimum absolute atomic E-state index is 0.000949. The molecule has 0 bridgehead atoms. The van der Waals surface area contributed by atoms with Crippen molar-refractivity contribution in [2.24, 2.45) is 0 Å².